The summed E-state index contributed by atoms with van der Waals surface area (Å²) >= 11 is 0. The number of carbonyl (C=O) groups is 1. The van der Waals surface area contributed by atoms with Gasteiger partial charge in [-0.25, -0.2) is 0 Å². The molecule has 0 unspecified atom stereocenters. The van der Waals surface area contributed by atoms with Crippen LogP contribution in [0.2, 0.25) is 0 Å². The van der Waals surface area contributed by atoms with E-state index in [-0.39, 0.29) is 18.6 Å². The van der Waals surface area contributed by atoms with Crippen molar-refractivity contribution in [2.24, 2.45) is 0 Å². The van der Waals surface area contributed by atoms with Gasteiger partial charge in [0.15, 0.2) is 0 Å². The predicted molar refractivity (Wildman–Crippen MR) is 83.0 cm³/mol. The summed E-state index contributed by atoms with van der Waals surface area (Å²) in [7, 11) is 0. The second-order valence-corrected chi connectivity index (χ2v) is 5.58. The average molecular weight is 278 g/mol. The highest BCUT2D eigenvalue weighted by molar-refractivity contribution is 5.93. The molecule has 0 saturated heterocycles. The van der Waals surface area contributed by atoms with Gasteiger partial charge < -0.3 is 10.4 Å². The Kier molecular flexibility index (Phi) is 6.68. The third kappa shape index (κ3) is 4.94. The first kappa shape index (κ1) is 16.7. The first-order valence-corrected chi connectivity index (χ1v) is 7.19. The first-order valence-electron chi connectivity index (χ1n) is 7.19. The van der Waals surface area contributed by atoms with Crippen LogP contribution in [0.5, 0.6) is 0 Å². The lowest BCUT2D eigenvalue weighted by atomic mass is 10.0. The molecule has 0 radical (unpaired) electrons. The molecule has 0 fully saturated rings. The summed E-state index contributed by atoms with van der Waals surface area (Å²) < 4.78 is 0. The quantitative estimate of drug-likeness (QED) is 0.805. The summed E-state index contributed by atoms with van der Waals surface area (Å²) in [5.41, 5.74) is 2.01. The molecule has 0 aliphatic carbocycles. The second-order valence-electron chi connectivity index (χ2n) is 5.58. The smallest absolute Gasteiger partial charge is 0.238 e. The predicted octanol–water partition coefficient (Wildman–Crippen LogP) is 2.45. The Balaban J connectivity index is 2.71. The van der Waals surface area contributed by atoms with Crippen LogP contribution < -0.4 is 5.32 Å². The fourth-order valence-corrected chi connectivity index (χ4v) is 2.14. The maximum absolute atomic E-state index is 12.1. The van der Waals surface area contributed by atoms with Crippen molar-refractivity contribution in [2.45, 2.75) is 39.7 Å². The van der Waals surface area contributed by atoms with E-state index in [0.29, 0.717) is 19.0 Å². The van der Waals surface area contributed by atoms with E-state index in [1.54, 1.807) is 0 Å². The summed E-state index contributed by atoms with van der Waals surface area (Å²) in [4.78, 5) is 14.1. The van der Waals surface area contributed by atoms with Crippen LogP contribution >= 0.6 is 0 Å². The van der Waals surface area contributed by atoms with Crippen molar-refractivity contribution in [1.82, 2.24) is 4.90 Å². The van der Waals surface area contributed by atoms with Crippen molar-refractivity contribution in [3.63, 3.8) is 0 Å². The number of benzene rings is 1. The molecule has 1 aromatic rings. The minimum Gasteiger partial charge on any atom is -0.395 e. The molecule has 1 aromatic carbocycles. The minimum absolute atomic E-state index is 0.0414. The highest BCUT2D eigenvalue weighted by Crippen LogP contribution is 2.23. The Labute approximate surface area is 121 Å². The Morgan fingerprint density at radius 3 is 2.45 bits per heavy atom. The van der Waals surface area contributed by atoms with Gasteiger partial charge in [0.2, 0.25) is 5.91 Å². The normalized spacial score (nSPS) is 11.4. The number of amides is 1. The number of carbonyl (C=O) groups excluding carboxylic acids is 1. The first-order chi connectivity index (χ1) is 9.45. The summed E-state index contributed by atoms with van der Waals surface area (Å²) in [5, 5.41) is 12.0. The number of rotatable bonds is 7. The van der Waals surface area contributed by atoms with Crippen molar-refractivity contribution in [3.8, 4) is 0 Å². The fraction of sp³-hybridized carbons (Fsp3) is 0.562. The van der Waals surface area contributed by atoms with Crippen LogP contribution in [0, 0.1) is 0 Å². The van der Waals surface area contributed by atoms with Gasteiger partial charge in [-0.05, 0) is 31.4 Å². The lowest BCUT2D eigenvalue weighted by Gasteiger charge is -2.25. The molecule has 1 amide bonds. The molecule has 4 nitrogen and oxygen atoms in total. The second kappa shape index (κ2) is 8.02. The zero-order chi connectivity index (χ0) is 15.1. The number of hydrogen-bond acceptors (Lipinski definition) is 3. The SMILES string of the molecule is CC(C)c1ccccc1NC(=O)CN(CCO)C(C)C. The highest BCUT2D eigenvalue weighted by atomic mass is 16.3. The third-order valence-electron chi connectivity index (χ3n) is 3.32. The maximum Gasteiger partial charge on any atom is 0.238 e. The van der Waals surface area contributed by atoms with Crippen LogP contribution in [0.1, 0.15) is 39.2 Å². The number of aliphatic hydroxyl groups is 1. The molecule has 20 heavy (non-hydrogen) atoms. The minimum atomic E-state index is -0.0414. The number of hydrogen-bond donors (Lipinski definition) is 2. The lowest BCUT2D eigenvalue weighted by molar-refractivity contribution is -0.117. The van der Waals surface area contributed by atoms with Gasteiger partial charge in [0.05, 0.1) is 13.2 Å². The largest absolute Gasteiger partial charge is 0.395 e. The molecule has 2 N–H and O–H groups in total. The van der Waals surface area contributed by atoms with Gasteiger partial charge in [-0.1, -0.05) is 32.0 Å². The molecule has 1 rings (SSSR count). The molecule has 0 aromatic heterocycles. The Hall–Kier alpha value is -1.39. The van der Waals surface area contributed by atoms with Crippen LogP contribution in [-0.2, 0) is 4.79 Å². The average Bonchev–Trinajstić information content (AvgIpc) is 2.38. The zero-order valence-corrected chi connectivity index (χ0v) is 12.9. The number of anilines is 1. The molecular weight excluding hydrogens is 252 g/mol. The standard InChI is InChI=1S/C16H26N2O2/c1-12(2)14-7-5-6-8-15(14)17-16(20)11-18(9-10-19)13(3)4/h5-8,12-13,19H,9-11H2,1-4H3,(H,17,20). The molecule has 112 valence electrons. The van der Waals surface area contributed by atoms with E-state index in [9.17, 15) is 4.79 Å². The molecule has 4 heteroatoms. The van der Waals surface area contributed by atoms with Crippen LogP contribution in [-0.4, -0.2) is 41.7 Å². The van der Waals surface area contributed by atoms with Crippen LogP contribution in [0.3, 0.4) is 0 Å². The van der Waals surface area contributed by atoms with Crippen LogP contribution in [0.4, 0.5) is 5.69 Å². The van der Waals surface area contributed by atoms with Crippen molar-refractivity contribution >= 4 is 11.6 Å². The summed E-state index contributed by atoms with van der Waals surface area (Å²) in [6, 6.07) is 8.10. The molecule has 0 bridgehead atoms. The Bertz CT molecular complexity index is 430. The van der Waals surface area contributed by atoms with E-state index < -0.39 is 0 Å². The topological polar surface area (TPSA) is 52.6 Å². The van der Waals surface area contributed by atoms with E-state index in [1.807, 2.05) is 43.0 Å². The van der Waals surface area contributed by atoms with Gasteiger partial charge in [0.1, 0.15) is 0 Å². The van der Waals surface area contributed by atoms with E-state index >= 15 is 0 Å². The monoisotopic (exact) mass is 278 g/mol. The van der Waals surface area contributed by atoms with Crippen LogP contribution in [0.15, 0.2) is 24.3 Å². The van der Waals surface area contributed by atoms with E-state index in [1.165, 1.54) is 0 Å². The lowest BCUT2D eigenvalue weighted by Crippen LogP contribution is -2.39. The molecular formula is C16H26N2O2. The highest BCUT2D eigenvalue weighted by Gasteiger charge is 2.15. The van der Waals surface area contributed by atoms with Gasteiger partial charge in [-0.15, -0.1) is 0 Å². The molecule has 0 aliphatic rings. The Morgan fingerprint density at radius 1 is 1.25 bits per heavy atom. The summed E-state index contributed by atoms with van der Waals surface area (Å²) in [5.74, 6) is 0.324. The summed E-state index contributed by atoms with van der Waals surface area (Å²) in [6.07, 6.45) is 0. The zero-order valence-electron chi connectivity index (χ0n) is 12.9. The van der Waals surface area contributed by atoms with Crippen molar-refractivity contribution in [3.05, 3.63) is 29.8 Å². The number of nitrogens with zero attached hydrogens (tertiary/aromatic N) is 1. The van der Waals surface area contributed by atoms with Crippen LogP contribution in [0.25, 0.3) is 0 Å². The van der Waals surface area contributed by atoms with Gasteiger partial charge in [0, 0.05) is 18.3 Å². The van der Waals surface area contributed by atoms with Gasteiger partial charge >= 0.3 is 0 Å². The van der Waals surface area contributed by atoms with Crippen molar-refractivity contribution in [1.29, 1.82) is 0 Å². The van der Waals surface area contributed by atoms with Crippen molar-refractivity contribution < 1.29 is 9.90 Å². The molecule has 0 spiro atoms. The molecule has 0 heterocycles. The maximum atomic E-state index is 12.1. The van der Waals surface area contributed by atoms with E-state index in [2.05, 4.69) is 19.2 Å². The fourth-order valence-electron chi connectivity index (χ4n) is 2.14. The number of para-hydroxylation sites is 1. The number of aliphatic hydroxyl groups excluding tert-OH is 1. The Morgan fingerprint density at radius 2 is 1.90 bits per heavy atom. The summed E-state index contributed by atoms with van der Waals surface area (Å²) in [6.45, 7) is 9.12. The molecule has 0 saturated carbocycles. The van der Waals surface area contributed by atoms with Gasteiger partial charge in [-0.3, -0.25) is 9.69 Å². The van der Waals surface area contributed by atoms with Crippen molar-refractivity contribution in [2.75, 3.05) is 25.0 Å². The van der Waals surface area contributed by atoms with E-state index in [0.717, 1.165) is 11.3 Å². The van der Waals surface area contributed by atoms with E-state index in [4.69, 9.17) is 5.11 Å². The number of nitrogens with one attached hydrogen (secondary N) is 1. The van der Waals surface area contributed by atoms with Gasteiger partial charge in [0.25, 0.3) is 0 Å². The third-order valence-corrected chi connectivity index (χ3v) is 3.32. The molecule has 0 aliphatic heterocycles. The van der Waals surface area contributed by atoms with Gasteiger partial charge in [-0.2, -0.15) is 0 Å². The molecule has 0 atom stereocenters.